The van der Waals surface area contributed by atoms with Gasteiger partial charge in [-0.15, -0.1) is 0 Å². The minimum atomic E-state index is 0.0858. The highest BCUT2D eigenvalue weighted by Gasteiger charge is 2.09. The van der Waals surface area contributed by atoms with Crippen molar-refractivity contribution in [3.63, 3.8) is 0 Å². The Kier molecular flexibility index (Phi) is 4.34. The van der Waals surface area contributed by atoms with E-state index in [4.69, 9.17) is 4.74 Å². The lowest BCUT2D eigenvalue weighted by molar-refractivity contribution is 0.0384. The van der Waals surface area contributed by atoms with Gasteiger partial charge >= 0.3 is 0 Å². The molecule has 17 heavy (non-hydrogen) atoms. The van der Waals surface area contributed by atoms with Crippen LogP contribution in [0.2, 0.25) is 0 Å². The molecule has 2 rings (SSSR count). The Bertz CT molecular complexity index is 408. The van der Waals surface area contributed by atoms with Gasteiger partial charge in [-0.1, -0.05) is 6.07 Å². The fraction of sp³-hybridized carbons (Fsp3) is 0.615. The molecule has 94 valence electrons. The summed E-state index contributed by atoms with van der Waals surface area (Å²) in [4.78, 5) is 13.9. The van der Waals surface area contributed by atoms with Gasteiger partial charge in [0.15, 0.2) is 0 Å². The Balaban J connectivity index is 1.91. The van der Waals surface area contributed by atoms with E-state index in [1.54, 1.807) is 10.6 Å². The van der Waals surface area contributed by atoms with E-state index in [0.29, 0.717) is 0 Å². The predicted molar refractivity (Wildman–Crippen MR) is 67.3 cm³/mol. The number of hydrogen-bond donors (Lipinski definition) is 0. The van der Waals surface area contributed by atoms with Crippen LogP contribution in [0, 0.1) is 0 Å². The highest BCUT2D eigenvalue weighted by molar-refractivity contribution is 5.10. The monoisotopic (exact) mass is 236 g/mol. The van der Waals surface area contributed by atoms with Crippen LogP contribution in [0.3, 0.4) is 0 Å². The molecule has 0 amide bonds. The molecule has 2 heterocycles. The van der Waals surface area contributed by atoms with Crippen molar-refractivity contribution in [1.29, 1.82) is 0 Å². The standard InChI is InChI=1S/C13H20N2O2/c1-2-15-11-12(3-4-13(15)16)5-6-14-7-9-17-10-8-14/h3-4,11H,2,5-10H2,1H3. The van der Waals surface area contributed by atoms with Gasteiger partial charge in [-0.2, -0.15) is 0 Å². The van der Waals surface area contributed by atoms with E-state index in [1.165, 1.54) is 5.56 Å². The summed E-state index contributed by atoms with van der Waals surface area (Å²) in [5.74, 6) is 0. The third-order valence-electron chi connectivity index (χ3n) is 3.21. The van der Waals surface area contributed by atoms with Gasteiger partial charge in [-0.05, 0) is 18.9 Å². The topological polar surface area (TPSA) is 34.5 Å². The zero-order chi connectivity index (χ0) is 12.1. The largest absolute Gasteiger partial charge is 0.379 e. The number of pyridine rings is 1. The molecule has 0 bridgehead atoms. The van der Waals surface area contributed by atoms with Crippen LogP contribution in [0.4, 0.5) is 0 Å². The lowest BCUT2D eigenvalue weighted by atomic mass is 10.2. The predicted octanol–water partition coefficient (Wildman–Crippen LogP) is 0.743. The maximum Gasteiger partial charge on any atom is 0.250 e. The number of nitrogens with zero attached hydrogens (tertiary/aromatic N) is 2. The second-order valence-electron chi connectivity index (χ2n) is 4.37. The van der Waals surface area contributed by atoms with Crippen molar-refractivity contribution in [3.05, 3.63) is 34.2 Å². The van der Waals surface area contributed by atoms with Crippen LogP contribution < -0.4 is 5.56 Å². The number of morpholine rings is 1. The van der Waals surface area contributed by atoms with Crippen molar-refractivity contribution < 1.29 is 4.74 Å². The van der Waals surface area contributed by atoms with E-state index in [-0.39, 0.29) is 5.56 Å². The molecule has 1 aromatic rings. The van der Waals surface area contributed by atoms with E-state index in [1.807, 2.05) is 19.2 Å². The van der Waals surface area contributed by atoms with Crippen molar-refractivity contribution >= 4 is 0 Å². The fourth-order valence-electron chi connectivity index (χ4n) is 2.09. The number of hydrogen-bond acceptors (Lipinski definition) is 3. The normalized spacial score (nSPS) is 17.2. The molecule has 0 saturated carbocycles. The average molecular weight is 236 g/mol. The van der Waals surface area contributed by atoms with Gasteiger partial charge in [0.1, 0.15) is 0 Å². The number of aromatic nitrogens is 1. The first-order valence-electron chi connectivity index (χ1n) is 6.29. The third kappa shape index (κ3) is 3.41. The Morgan fingerprint density at radius 3 is 2.76 bits per heavy atom. The minimum Gasteiger partial charge on any atom is -0.379 e. The lowest BCUT2D eigenvalue weighted by Crippen LogP contribution is -2.37. The zero-order valence-electron chi connectivity index (χ0n) is 10.4. The highest BCUT2D eigenvalue weighted by Crippen LogP contribution is 2.02. The van der Waals surface area contributed by atoms with Gasteiger partial charge in [-0.25, -0.2) is 0 Å². The molecule has 0 atom stereocenters. The second kappa shape index (κ2) is 5.98. The van der Waals surface area contributed by atoms with Crippen molar-refractivity contribution in [2.45, 2.75) is 19.9 Å². The number of aryl methyl sites for hydroxylation is 1. The van der Waals surface area contributed by atoms with Gasteiger partial charge in [0.25, 0.3) is 5.56 Å². The summed E-state index contributed by atoms with van der Waals surface area (Å²) in [6.45, 7) is 7.51. The smallest absolute Gasteiger partial charge is 0.250 e. The van der Waals surface area contributed by atoms with Crippen LogP contribution in [0.15, 0.2) is 23.1 Å². The molecule has 1 saturated heterocycles. The zero-order valence-corrected chi connectivity index (χ0v) is 10.4. The third-order valence-corrected chi connectivity index (χ3v) is 3.21. The molecule has 0 aromatic carbocycles. The van der Waals surface area contributed by atoms with Crippen LogP contribution in [0.1, 0.15) is 12.5 Å². The van der Waals surface area contributed by atoms with Crippen molar-refractivity contribution in [2.24, 2.45) is 0 Å². The Labute approximate surface area is 102 Å². The van der Waals surface area contributed by atoms with Gasteiger partial charge < -0.3 is 9.30 Å². The SMILES string of the molecule is CCn1cc(CCN2CCOCC2)ccc1=O. The molecule has 1 aromatic heterocycles. The van der Waals surface area contributed by atoms with E-state index >= 15 is 0 Å². The van der Waals surface area contributed by atoms with Gasteiger partial charge in [0.05, 0.1) is 13.2 Å². The molecule has 0 radical (unpaired) electrons. The summed E-state index contributed by atoms with van der Waals surface area (Å²) in [5.41, 5.74) is 1.32. The number of ether oxygens (including phenoxy) is 1. The van der Waals surface area contributed by atoms with E-state index in [9.17, 15) is 4.79 Å². The van der Waals surface area contributed by atoms with E-state index in [2.05, 4.69) is 4.90 Å². The average Bonchev–Trinajstić information content (AvgIpc) is 2.39. The van der Waals surface area contributed by atoms with Gasteiger partial charge in [0.2, 0.25) is 0 Å². The summed E-state index contributed by atoms with van der Waals surface area (Å²) < 4.78 is 7.08. The molecule has 4 heteroatoms. The van der Waals surface area contributed by atoms with E-state index < -0.39 is 0 Å². The minimum absolute atomic E-state index is 0.0858. The molecule has 1 aliphatic heterocycles. The summed E-state index contributed by atoms with van der Waals surface area (Å²) in [6.07, 6.45) is 2.98. The van der Waals surface area contributed by atoms with Crippen LogP contribution >= 0.6 is 0 Å². The summed E-state index contributed by atoms with van der Waals surface area (Å²) >= 11 is 0. The van der Waals surface area contributed by atoms with Crippen LogP contribution in [0.25, 0.3) is 0 Å². The lowest BCUT2D eigenvalue weighted by Gasteiger charge is -2.26. The summed E-state index contributed by atoms with van der Waals surface area (Å²) in [5, 5.41) is 0. The quantitative estimate of drug-likeness (QED) is 0.773. The number of rotatable bonds is 4. The molecular formula is C13H20N2O2. The molecule has 1 fully saturated rings. The van der Waals surface area contributed by atoms with Gasteiger partial charge in [-0.3, -0.25) is 9.69 Å². The second-order valence-corrected chi connectivity index (χ2v) is 4.37. The summed E-state index contributed by atoms with van der Waals surface area (Å²) in [7, 11) is 0. The molecule has 0 unspecified atom stereocenters. The first-order valence-corrected chi connectivity index (χ1v) is 6.29. The Morgan fingerprint density at radius 1 is 1.29 bits per heavy atom. The maximum atomic E-state index is 11.4. The van der Waals surface area contributed by atoms with Crippen LogP contribution in [0.5, 0.6) is 0 Å². The van der Waals surface area contributed by atoms with Crippen molar-refractivity contribution in [2.75, 3.05) is 32.8 Å². The molecule has 0 spiro atoms. The van der Waals surface area contributed by atoms with Crippen LogP contribution in [-0.4, -0.2) is 42.3 Å². The van der Waals surface area contributed by atoms with Crippen molar-refractivity contribution in [3.8, 4) is 0 Å². The summed E-state index contributed by atoms with van der Waals surface area (Å²) in [6, 6.07) is 3.60. The molecule has 1 aliphatic rings. The molecule has 4 nitrogen and oxygen atoms in total. The first kappa shape index (κ1) is 12.3. The Hall–Kier alpha value is -1.13. The van der Waals surface area contributed by atoms with E-state index in [0.717, 1.165) is 45.8 Å². The van der Waals surface area contributed by atoms with Crippen LogP contribution in [-0.2, 0) is 17.7 Å². The molecular weight excluding hydrogens is 216 g/mol. The van der Waals surface area contributed by atoms with Crippen molar-refractivity contribution in [1.82, 2.24) is 9.47 Å². The fourth-order valence-corrected chi connectivity index (χ4v) is 2.09. The maximum absolute atomic E-state index is 11.4. The first-order chi connectivity index (χ1) is 8.29. The highest BCUT2D eigenvalue weighted by atomic mass is 16.5. The Morgan fingerprint density at radius 2 is 2.06 bits per heavy atom. The van der Waals surface area contributed by atoms with Gasteiger partial charge in [0, 0.05) is 38.4 Å². The molecule has 0 N–H and O–H groups in total. The molecule has 0 aliphatic carbocycles.